The lowest BCUT2D eigenvalue weighted by Gasteiger charge is -2.55. The maximum Gasteiger partial charge on any atom is 0.233 e. The number of allylic oxidation sites excluding steroid dienone is 4. The minimum atomic E-state index is -1.34. The molecule has 2 fully saturated rings. The summed E-state index contributed by atoms with van der Waals surface area (Å²) in [6.07, 6.45) is 4.13. The third-order valence-electron chi connectivity index (χ3n) is 10.2. The van der Waals surface area contributed by atoms with Crippen molar-refractivity contribution in [1.29, 1.82) is 0 Å². The zero-order chi connectivity index (χ0) is 29.3. The van der Waals surface area contributed by atoms with Gasteiger partial charge in [-0.3, -0.25) is 24.1 Å². The summed E-state index contributed by atoms with van der Waals surface area (Å²) in [7, 11) is 1.52. The number of Topliss-reactive ketones (excluding diaryl/α,β-unsaturated/α-hetero) is 1. The second kappa shape index (κ2) is 9.48. The molecule has 6 heteroatoms. The maximum atomic E-state index is 14.9. The van der Waals surface area contributed by atoms with Gasteiger partial charge in [-0.2, -0.15) is 0 Å². The first-order valence-corrected chi connectivity index (χ1v) is 14.5. The second-order valence-corrected chi connectivity index (χ2v) is 12.0. The Labute approximate surface area is 244 Å². The Kier molecular flexibility index (Phi) is 5.94. The normalized spacial score (nSPS) is 30.3. The molecule has 3 aromatic rings. The van der Waals surface area contributed by atoms with E-state index < -0.39 is 35.0 Å². The van der Waals surface area contributed by atoms with Gasteiger partial charge in [0, 0.05) is 30.0 Å². The number of hydrogen-bond acceptors (Lipinski definition) is 5. The first-order chi connectivity index (χ1) is 20.3. The predicted molar refractivity (Wildman–Crippen MR) is 157 cm³/mol. The number of aromatic hydroxyl groups is 1. The number of aryl methyl sites for hydroxylation is 1. The van der Waals surface area contributed by atoms with Gasteiger partial charge in [-0.1, -0.05) is 90.5 Å². The SMILES string of the molecule is Cc1cccc([C@H]2C3=CC[C@@H]4C(=O)N(C)C(=O)[C@@H]4[C@@H]3C[C@H]3C(=O)C(c4ccccc4)=CC(=O)[C@@]23c2ccccc2)c1O. The van der Waals surface area contributed by atoms with Gasteiger partial charge in [0.15, 0.2) is 11.6 Å². The average molecular weight is 558 g/mol. The fourth-order valence-corrected chi connectivity index (χ4v) is 8.29. The van der Waals surface area contributed by atoms with Gasteiger partial charge in [0.25, 0.3) is 0 Å². The standard InChI is InChI=1S/C36H31NO5/c1-20-10-9-15-25(32(20)39)31-23-16-17-24-30(35(42)37(2)34(24)41)27(23)18-28-33(40)26(21-11-5-3-6-12-21)19-29(38)36(28,31)22-13-7-4-8-14-22/h3-16,19,24,27-28,30-31,39H,17-18H2,1-2H3/t24-,27+,28-,30-,31+,36-/m0/s1. The summed E-state index contributed by atoms with van der Waals surface area (Å²) < 4.78 is 0. The van der Waals surface area contributed by atoms with Crippen LogP contribution < -0.4 is 0 Å². The van der Waals surface area contributed by atoms with E-state index in [-0.39, 0.29) is 35.6 Å². The molecule has 1 N–H and O–H groups in total. The molecule has 1 saturated heterocycles. The van der Waals surface area contributed by atoms with Crippen LogP contribution in [-0.4, -0.2) is 40.4 Å². The second-order valence-electron chi connectivity index (χ2n) is 12.0. The summed E-state index contributed by atoms with van der Waals surface area (Å²) in [5.41, 5.74) is 2.46. The molecule has 42 heavy (non-hydrogen) atoms. The summed E-state index contributed by atoms with van der Waals surface area (Å²) in [6.45, 7) is 1.81. The Balaban J connectivity index is 1.54. The van der Waals surface area contributed by atoms with Crippen LogP contribution in [0.5, 0.6) is 5.75 Å². The lowest BCUT2D eigenvalue weighted by atomic mass is 9.44. The number of para-hydroxylation sites is 1. The topological polar surface area (TPSA) is 91.8 Å². The number of benzene rings is 3. The molecular formula is C36H31NO5. The van der Waals surface area contributed by atoms with E-state index in [0.717, 1.165) is 5.57 Å². The van der Waals surface area contributed by atoms with Crippen LogP contribution in [0.1, 0.15) is 41.0 Å². The first kappa shape index (κ1) is 26.3. The van der Waals surface area contributed by atoms with E-state index in [2.05, 4.69) is 0 Å². The number of ketones is 2. The fraction of sp³-hybridized carbons (Fsp3) is 0.278. The third kappa shape index (κ3) is 3.44. The van der Waals surface area contributed by atoms with Gasteiger partial charge in [-0.05, 0) is 48.4 Å². The summed E-state index contributed by atoms with van der Waals surface area (Å²) in [6, 6.07) is 24.1. The van der Waals surface area contributed by atoms with Crippen LogP contribution in [0.4, 0.5) is 0 Å². The van der Waals surface area contributed by atoms with E-state index >= 15 is 0 Å². The van der Waals surface area contributed by atoms with E-state index in [4.69, 9.17) is 0 Å². The Morgan fingerprint density at radius 2 is 1.52 bits per heavy atom. The van der Waals surface area contributed by atoms with E-state index in [9.17, 15) is 24.3 Å². The minimum absolute atomic E-state index is 0.0734. The number of carbonyl (C=O) groups is 4. The number of phenols is 1. The summed E-state index contributed by atoms with van der Waals surface area (Å²) in [4.78, 5) is 57.5. The quantitative estimate of drug-likeness (QED) is 0.355. The molecule has 4 aliphatic rings. The minimum Gasteiger partial charge on any atom is -0.507 e. The molecule has 1 saturated carbocycles. The highest BCUT2D eigenvalue weighted by atomic mass is 16.3. The summed E-state index contributed by atoms with van der Waals surface area (Å²) in [5.74, 6) is -3.78. The average Bonchev–Trinajstić information content (AvgIpc) is 3.24. The van der Waals surface area contributed by atoms with Crippen molar-refractivity contribution in [2.75, 3.05) is 7.05 Å². The lowest BCUT2D eigenvalue weighted by molar-refractivity contribution is -0.139. The number of hydrogen-bond donors (Lipinski definition) is 1. The van der Waals surface area contributed by atoms with Crippen molar-refractivity contribution in [2.45, 2.75) is 31.1 Å². The van der Waals surface area contributed by atoms with Crippen LogP contribution in [-0.2, 0) is 24.6 Å². The van der Waals surface area contributed by atoms with Gasteiger partial charge in [0.2, 0.25) is 11.8 Å². The molecule has 6 nitrogen and oxygen atoms in total. The summed E-state index contributed by atoms with van der Waals surface area (Å²) >= 11 is 0. The van der Waals surface area contributed by atoms with E-state index in [1.54, 1.807) is 0 Å². The van der Waals surface area contributed by atoms with Gasteiger partial charge in [0.05, 0.1) is 17.3 Å². The monoisotopic (exact) mass is 557 g/mol. The van der Waals surface area contributed by atoms with Gasteiger partial charge in [-0.15, -0.1) is 0 Å². The number of amides is 2. The highest BCUT2D eigenvalue weighted by molar-refractivity contribution is 6.31. The zero-order valence-electron chi connectivity index (χ0n) is 23.5. The van der Waals surface area contributed by atoms with Crippen molar-refractivity contribution >= 4 is 29.0 Å². The molecule has 210 valence electrons. The highest BCUT2D eigenvalue weighted by Crippen LogP contribution is 2.64. The first-order valence-electron chi connectivity index (χ1n) is 14.5. The molecular weight excluding hydrogens is 526 g/mol. The van der Waals surface area contributed by atoms with Crippen LogP contribution in [0.25, 0.3) is 5.57 Å². The molecule has 3 aromatic carbocycles. The lowest BCUT2D eigenvalue weighted by Crippen LogP contribution is -2.58. The molecule has 6 atom stereocenters. The predicted octanol–water partition coefficient (Wildman–Crippen LogP) is 5.15. The van der Waals surface area contributed by atoms with E-state index in [1.807, 2.05) is 91.9 Å². The molecule has 3 aliphatic carbocycles. The van der Waals surface area contributed by atoms with Gasteiger partial charge in [-0.25, -0.2) is 0 Å². The Morgan fingerprint density at radius 3 is 2.24 bits per heavy atom. The van der Waals surface area contributed by atoms with Crippen molar-refractivity contribution < 1.29 is 24.3 Å². The van der Waals surface area contributed by atoms with Crippen LogP contribution in [0, 0.1) is 30.6 Å². The van der Waals surface area contributed by atoms with Crippen molar-refractivity contribution in [2.24, 2.45) is 23.7 Å². The molecule has 1 heterocycles. The van der Waals surface area contributed by atoms with Crippen LogP contribution in [0.3, 0.4) is 0 Å². The summed E-state index contributed by atoms with van der Waals surface area (Å²) in [5, 5.41) is 11.5. The number of likely N-dealkylation sites (tertiary alicyclic amines) is 1. The third-order valence-corrected chi connectivity index (χ3v) is 10.2. The Bertz CT molecular complexity index is 1720. The zero-order valence-corrected chi connectivity index (χ0v) is 23.5. The van der Waals surface area contributed by atoms with Crippen LogP contribution in [0.2, 0.25) is 0 Å². The smallest absolute Gasteiger partial charge is 0.233 e. The molecule has 0 unspecified atom stereocenters. The molecule has 7 rings (SSSR count). The molecule has 0 spiro atoms. The number of fused-ring (bicyclic) bond motifs is 4. The van der Waals surface area contributed by atoms with Gasteiger partial charge < -0.3 is 5.11 Å². The number of imide groups is 1. The van der Waals surface area contributed by atoms with Crippen molar-refractivity contribution in [3.05, 3.63) is 119 Å². The Hall–Kier alpha value is -4.58. The van der Waals surface area contributed by atoms with Crippen molar-refractivity contribution in [3.63, 3.8) is 0 Å². The molecule has 0 aromatic heterocycles. The van der Waals surface area contributed by atoms with Gasteiger partial charge >= 0.3 is 0 Å². The molecule has 1 aliphatic heterocycles. The van der Waals surface area contributed by atoms with E-state index in [0.29, 0.717) is 34.2 Å². The fourth-order valence-electron chi connectivity index (χ4n) is 8.29. The van der Waals surface area contributed by atoms with Crippen molar-refractivity contribution in [3.8, 4) is 5.75 Å². The number of phenolic OH excluding ortho intramolecular Hbond substituents is 1. The molecule has 0 radical (unpaired) electrons. The maximum absolute atomic E-state index is 14.9. The Morgan fingerprint density at radius 1 is 0.833 bits per heavy atom. The largest absolute Gasteiger partial charge is 0.507 e. The van der Waals surface area contributed by atoms with Crippen LogP contribution >= 0.6 is 0 Å². The number of rotatable bonds is 3. The van der Waals surface area contributed by atoms with Crippen molar-refractivity contribution in [1.82, 2.24) is 4.90 Å². The molecule has 2 amide bonds. The highest BCUT2D eigenvalue weighted by Gasteiger charge is 2.66. The van der Waals surface area contributed by atoms with Gasteiger partial charge in [0.1, 0.15) is 5.75 Å². The molecule has 0 bridgehead atoms. The number of carbonyl (C=O) groups excluding carboxylic acids is 4. The van der Waals surface area contributed by atoms with Crippen LogP contribution in [0.15, 0.2) is 96.6 Å². The van der Waals surface area contributed by atoms with E-state index in [1.165, 1.54) is 18.0 Å². The number of nitrogens with zero attached hydrogens (tertiary/aromatic N) is 1.